The van der Waals surface area contributed by atoms with Gasteiger partial charge in [-0.15, -0.1) is 0 Å². The Balaban J connectivity index is 1.93. The number of carbonyl (C=O) groups is 1. The molecule has 0 aliphatic carbocycles. The van der Waals surface area contributed by atoms with E-state index in [2.05, 4.69) is 22.5 Å². The number of rotatable bonds is 4. The SMILES string of the molecule is CCCN(C(=O)C1CNC1)C1CCNCC1. The van der Waals surface area contributed by atoms with Gasteiger partial charge in [-0.05, 0) is 32.4 Å². The maximum absolute atomic E-state index is 12.3. The highest BCUT2D eigenvalue weighted by Gasteiger charge is 2.32. The van der Waals surface area contributed by atoms with Gasteiger partial charge < -0.3 is 15.5 Å². The lowest BCUT2D eigenvalue weighted by atomic mass is 9.97. The lowest BCUT2D eigenvalue weighted by Gasteiger charge is -2.39. The standard InChI is InChI=1S/C12H23N3O/c1-2-7-15(11-3-5-13-6-4-11)12(16)10-8-14-9-10/h10-11,13-14H,2-9H2,1H3. The minimum atomic E-state index is 0.251. The molecule has 2 aliphatic rings. The van der Waals surface area contributed by atoms with Crippen LogP contribution in [-0.2, 0) is 4.79 Å². The fourth-order valence-corrected chi connectivity index (χ4v) is 2.53. The molecule has 0 aromatic heterocycles. The van der Waals surface area contributed by atoms with Crippen LogP contribution in [-0.4, -0.2) is 49.6 Å². The molecule has 0 spiro atoms. The molecule has 2 aliphatic heterocycles. The molecule has 2 fully saturated rings. The van der Waals surface area contributed by atoms with Gasteiger partial charge in [0.2, 0.25) is 5.91 Å². The van der Waals surface area contributed by atoms with E-state index in [0.29, 0.717) is 11.9 Å². The highest BCUT2D eigenvalue weighted by atomic mass is 16.2. The minimum absolute atomic E-state index is 0.251. The molecule has 2 heterocycles. The highest BCUT2D eigenvalue weighted by Crippen LogP contribution is 2.17. The van der Waals surface area contributed by atoms with Gasteiger partial charge in [0.25, 0.3) is 0 Å². The summed E-state index contributed by atoms with van der Waals surface area (Å²) >= 11 is 0. The normalized spacial score (nSPS) is 22.8. The molecule has 1 amide bonds. The van der Waals surface area contributed by atoms with Crippen LogP contribution in [0.2, 0.25) is 0 Å². The average molecular weight is 225 g/mol. The second-order valence-electron chi connectivity index (χ2n) is 4.87. The van der Waals surface area contributed by atoms with Gasteiger partial charge in [0.15, 0.2) is 0 Å². The Morgan fingerprint density at radius 1 is 1.25 bits per heavy atom. The van der Waals surface area contributed by atoms with Crippen molar-refractivity contribution < 1.29 is 4.79 Å². The Hall–Kier alpha value is -0.610. The molecule has 0 aromatic rings. The van der Waals surface area contributed by atoms with Gasteiger partial charge >= 0.3 is 0 Å². The molecule has 2 rings (SSSR count). The van der Waals surface area contributed by atoms with Gasteiger partial charge in [-0.1, -0.05) is 6.92 Å². The zero-order chi connectivity index (χ0) is 11.4. The topological polar surface area (TPSA) is 44.4 Å². The first-order valence-corrected chi connectivity index (χ1v) is 6.55. The third kappa shape index (κ3) is 2.55. The van der Waals surface area contributed by atoms with E-state index in [4.69, 9.17) is 0 Å². The van der Waals surface area contributed by atoms with Crippen LogP contribution in [0.1, 0.15) is 26.2 Å². The van der Waals surface area contributed by atoms with Crippen molar-refractivity contribution in [1.82, 2.24) is 15.5 Å². The fourth-order valence-electron chi connectivity index (χ4n) is 2.53. The predicted molar refractivity (Wildman–Crippen MR) is 64.3 cm³/mol. The molecule has 4 heteroatoms. The lowest BCUT2D eigenvalue weighted by Crippen LogP contribution is -2.55. The number of nitrogens with one attached hydrogen (secondary N) is 2. The summed E-state index contributed by atoms with van der Waals surface area (Å²) in [6, 6.07) is 0.481. The second kappa shape index (κ2) is 5.64. The van der Waals surface area contributed by atoms with Crippen LogP contribution < -0.4 is 10.6 Å². The molecular formula is C12H23N3O. The van der Waals surface area contributed by atoms with Gasteiger partial charge in [0.05, 0.1) is 5.92 Å². The van der Waals surface area contributed by atoms with Crippen molar-refractivity contribution in [1.29, 1.82) is 0 Å². The van der Waals surface area contributed by atoms with Crippen LogP contribution in [0.5, 0.6) is 0 Å². The van der Waals surface area contributed by atoms with Crippen molar-refractivity contribution in [3.8, 4) is 0 Å². The van der Waals surface area contributed by atoms with Crippen LogP contribution in [0.4, 0.5) is 0 Å². The van der Waals surface area contributed by atoms with Crippen LogP contribution in [0.15, 0.2) is 0 Å². The molecule has 0 atom stereocenters. The quantitative estimate of drug-likeness (QED) is 0.718. The summed E-state index contributed by atoms with van der Waals surface area (Å²) in [5, 5.41) is 6.54. The van der Waals surface area contributed by atoms with E-state index in [1.54, 1.807) is 0 Å². The zero-order valence-electron chi connectivity index (χ0n) is 10.2. The molecule has 0 bridgehead atoms. The number of hydrogen-bond acceptors (Lipinski definition) is 3. The smallest absolute Gasteiger partial charge is 0.228 e. The molecule has 0 unspecified atom stereocenters. The summed E-state index contributed by atoms with van der Waals surface area (Å²) < 4.78 is 0. The van der Waals surface area contributed by atoms with Crippen LogP contribution in [0.25, 0.3) is 0 Å². The minimum Gasteiger partial charge on any atom is -0.339 e. The third-order valence-electron chi connectivity index (χ3n) is 3.63. The number of carbonyl (C=O) groups excluding carboxylic acids is 1. The van der Waals surface area contributed by atoms with Crippen molar-refractivity contribution in [2.45, 2.75) is 32.2 Å². The molecule has 2 N–H and O–H groups in total. The Bertz CT molecular complexity index is 234. The van der Waals surface area contributed by atoms with E-state index in [9.17, 15) is 4.79 Å². The van der Waals surface area contributed by atoms with Crippen molar-refractivity contribution in [2.75, 3.05) is 32.7 Å². The van der Waals surface area contributed by atoms with Gasteiger partial charge in [0, 0.05) is 25.7 Å². The monoisotopic (exact) mass is 225 g/mol. The fraction of sp³-hybridized carbons (Fsp3) is 0.917. The molecule has 0 saturated carbocycles. The molecule has 92 valence electrons. The second-order valence-corrected chi connectivity index (χ2v) is 4.87. The van der Waals surface area contributed by atoms with Gasteiger partial charge in [-0.2, -0.15) is 0 Å². The summed E-state index contributed by atoms with van der Waals surface area (Å²) in [5.74, 6) is 0.633. The molecule has 0 aromatic carbocycles. The van der Waals surface area contributed by atoms with E-state index in [1.807, 2.05) is 0 Å². The Morgan fingerprint density at radius 3 is 2.44 bits per heavy atom. The first-order chi connectivity index (χ1) is 7.83. The average Bonchev–Trinajstić information content (AvgIpc) is 2.24. The Labute approximate surface area is 97.8 Å². The summed E-state index contributed by atoms with van der Waals surface area (Å²) in [5.41, 5.74) is 0. The first kappa shape index (κ1) is 11.9. The Kier molecular flexibility index (Phi) is 4.18. The van der Waals surface area contributed by atoms with E-state index >= 15 is 0 Å². The number of amides is 1. The van der Waals surface area contributed by atoms with Gasteiger partial charge in [-0.25, -0.2) is 0 Å². The van der Waals surface area contributed by atoms with Gasteiger partial charge in [0.1, 0.15) is 0 Å². The first-order valence-electron chi connectivity index (χ1n) is 6.55. The predicted octanol–water partition coefficient (Wildman–Crippen LogP) is 0.196. The van der Waals surface area contributed by atoms with E-state index in [0.717, 1.165) is 52.0 Å². The summed E-state index contributed by atoms with van der Waals surface area (Å²) in [4.78, 5) is 14.4. The van der Waals surface area contributed by atoms with Crippen molar-refractivity contribution in [3.63, 3.8) is 0 Å². The number of hydrogen-bond donors (Lipinski definition) is 2. The van der Waals surface area contributed by atoms with Crippen LogP contribution >= 0.6 is 0 Å². The molecule has 2 saturated heterocycles. The Morgan fingerprint density at radius 2 is 1.94 bits per heavy atom. The highest BCUT2D eigenvalue weighted by molar-refractivity contribution is 5.80. The van der Waals surface area contributed by atoms with Crippen molar-refractivity contribution in [2.24, 2.45) is 5.92 Å². The molecule has 0 radical (unpaired) electrons. The summed E-state index contributed by atoms with van der Waals surface area (Å²) in [6.45, 7) is 6.95. The van der Waals surface area contributed by atoms with E-state index in [-0.39, 0.29) is 5.92 Å². The molecule has 4 nitrogen and oxygen atoms in total. The zero-order valence-corrected chi connectivity index (χ0v) is 10.2. The molecule has 16 heavy (non-hydrogen) atoms. The summed E-state index contributed by atoms with van der Waals surface area (Å²) in [6.07, 6.45) is 3.30. The van der Waals surface area contributed by atoms with Crippen LogP contribution in [0.3, 0.4) is 0 Å². The molecular weight excluding hydrogens is 202 g/mol. The van der Waals surface area contributed by atoms with Crippen molar-refractivity contribution >= 4 is 5.91 Å². The van der Waals surface area contributed by atoms with Crippen LogP contribution in [0, 0.1) is 5.92 Å². The summed E-state index contributed by atoms with van der Waals surface area (Å²) in [7, 11) is 0. The largest absolute Gasteiger partial charge is 0.339 e. The lowest BCUT2D eigenvalue weighted by molar-refractivity contribution is -0.140. The number of nitrogens with zero attached hydrogens (tertiary/aromatic N) is 1. The van der Waals surface area contributed by atoms with E-state index < -0.39 is 0 Å². The van der Waals surface area contributed by atoms with Gasteiger partial charge in [-0.3, -0.25) is 4.79 Å². The number of piperidine rings is 1. The van der Waals surface area contributed by atoms with Crippen molar-refractivity contribution in [3.05, 3.63) is 0 Å². The maximum atomic E-state index is 12.3. The maximum Gasteiger partial charge on any atom is 0.228 e. The van der Waals surface area contributed by atoms with E-state index in [1.165, 1.54) is 0 Å². The third-order valence-corrected chi connectivity index (χ3v) is 3.63.